The van der Waals surface area contributed by atoms with Crippen molar-refractivity contribution in [1.82, 2.24) is 4.98 Å². The number of nitrogens with two attached hydrogens (primary N) is 2. The molecule has 1 aliphatic heterocycles. The topological polar surface area (TPSA) is 121 Å². The molecule has 162 valence electrons. The smallest absolute Gasteiger partial charge is 0.249 e. The van der Waals surface area contributed by atoms with Gasteiger partial charge in [-0.25, -0.2) is 4.39 Å². The molecule has 0 bridgehead atoms. The number of halogens is 2. The number of hydrogen-bond donors (Lipinski definition) is 3. The molecule has 9 heteroatoms. The van der Waals surface area contributed by atoms with E-state index in [0.29, 0.717) is 5.69 Å². The predicted octanol–water partition coefficient (Wildman–Crippen LogP) is 2.18. The summed E-state index contributed by atoms with van der Waals surface area (Å²) >= 11 is 6.48. The average Bonchev–Trinajstić information content (AvgIpc) is 3.07. The standard InChI is InChI=1S/C22H21ClFN3O4/c1-30-14-7-5-11(21(26)29)16(19(14)24)17-12(23)6-8-13-18(17)20(28)22(10-25,31-13)15-4-2-3-9-27-15/h2-9,14,19-20,28H,10,25H2,1H3,(H2,26,29)/t14-,19?,20-,22+/m0/s1. The van der Waals surface area contributed by atoms with Crippen LogP contribution in [-0.2, 0) is 15.1 Å². The quantitative estimate of drug-likeness (QED) is 0.648. The highest BCUT2D eigenvalue weighted by Gasteiger charge is 2.52. The molecule has 0 spiro atoms. The summed E-state index contributed by atoms with van der Waals surface area (Å²) in [6, 6.07) is 8.22. The van der Waals surface area contributed by atoms with Gasteiger partial charge in [0.2, 0.25) is 5.91 Å². The van der Waals surface area contributed by atoms with Crippen LogP contribution in [0.2, 0.25) is 5.02 Å². The maximum atomic E-state index is 15.5. The molecule has 0 fully saturated rings. The van der Waals surface area contributed by atoms with Crippen LogP contribution >= 0.6 is 11.6 Å². The second-order valence-corrected chi connectivity index (χ2v) is 7.71. The summed E-state index contributed by atoms with van der Waals surface area (Å²) in [4.78, 5) is 16.4. The lowest BCUT2D eigenvalue weighted by atomic mass is 9.81. The zero-order chi connectivity index (χ0) is 22.3. The van der Waals surface area contributed by atoms with Gasteiger partial charge in [0.15, 0.2) is 11.8 Å². The number of aromatic nitrogens is 1. The van der Waals surface area contributed by atoms with Gasteiger partial charge >= 0.3 is 0 Å². The summed E-state index contributed by atoms with van der Waals surface area (Å²) in [5, 5.41) is 11.5. The normalized spacial score (nSPS) is 27.2. The molecule has 2 heterocycles. The molecule has 0 saturated carbocycles. The van der Waals surface area contributed by atoms with Crippen LogP contribution in [0.5, 0.6) is 5.75 Å². The van der Waals surface area contributed by atoms with Gasteiger partial charge in [-0.05, 0) is 24.3 Å². The number of pyridine rings is 1. The molecule has 1 unspecified atom stereocenters. The minimum Gasteiger partial charge on any atom is -0.476 e. The fourth-order valence-corrected chi connectivity index (χ4v) is 4.40. The summed E-state index contributed by atoms with van der Waals surface area (Å²) in [6.45, 7) is -0.113. The van der Waals surface area contributed by atoms with Crippen LogP contribution in [0.1, 0.15) is 22.9 Å². The Kier molecular flexibility index (Phi) is 5.57. The number of amides is 1. The van der Waals surface area contributed by atoms with Gasteiger partial charge in [-0.2, -0.15) is 0 Å². The van der Waals surface area contributed by atoms with Crippen molar-refractivity contribution in [1.29, 1.82) is 0 Å². The Hall–Kier alpha value is -2.78. The zero-order valence-corrected chi connectivity index (χ0v) is 17.3. The van der Waals surface area contributed by atoms with E-state index in [9.17, 15) is 9.90 Å². The van der Waals surface area contributed by atoms with E-state index >= 15 is 4.39 Å². The number of hydrogen-bond acceptors (Lipinski definition) is 6. The highest BCUT2D eigenvalue weighted by atomic mass is 35.5. The largest absolute Gasteiger partial charge is 0.476 e. The Morgan fingerprint density at radius 2 is 2.16 bits per heavy atom. The molecule has 1 amide bonds. The Morgan fingerprint density at radius 3 is 2.77 bits per heavy atom. The third-order valence-electron chi connectivity index (χ3n) is 5.68. The third kappa shape index (κ3) is 3.23. The summed E-state index contributed by atoms with van der Waals surface area (Å²) in [5.74, 6) is -0.574. The Morgan fingerprint density at radius 1 is 1.39 bits per heavy atom. The number of rotatable bonds is 5. The molecule has 1 aromatic carbocycles. The van der Waals surface area contributed by atoms with Crippen molar-refractivity contribution in [2.45, 2.75) is 24.0 Å². The number of carbonyl (C=O) groups excluding carboxylic acids is 1. The predicted molar refractivity (Wildman–Crippen MR) is 113 cm³/mol. The molecular formula is C22H21ClFN3O4. The van der Waals surface area contributed by atoms with Gasteiger partial charge in [0.25, 0.3) is 0 Å². The van der Waals surface area contributed by atoms with Crippen LogP contribution < -0.4 is 16.2 Å². The lowest BCUT2D eigenvalue weighted by Crippen LogP contribution is -2.43. The van der Waals surface area contributed by atoms with Gasteiger partial charge in [0.05, 0.1) is 5.69 Å². The molecule has 5 N–H and O–H groups in total. The molecule has 4 atom stereocenters. The van der Waals surface area contributed by atoms with Gasteiger partial charge < -0.3 is 26.0 Å². The molecule has 31 heavy (non-hydrogen) atoms. The van der Waals surface area contributed by atoms with E-state index in [1.54, 1.807) is 30.5 Å². The zero-order valence-electron chi connectivity index (χ0n) is 16.6. The van der Waals surface area contributed by atoms with Crippen molar-refractivity contribution in [3.05, 3.63) is 76.1 Å². The third-order valence-corrected chi connectivity index (χ3v) is 5.99. The van der Waals surface area contributed by atoms with Crippen molar-refractivity contribution in [2.24, 2.45) is 11.5 Å². The summed E-state index contributed by atoms with van der Waals surface area (Å²) in [7, 11) is 1.35. The Labute approximate surface area is 183 Å². The second-order valence-electron chi connectivity index (χ2n) is 7.30. The van der Waals surface area contributed by atoms with Gasteiger partial charge in [0.1, 0.15) is 18.0 Å². The molecular weight excluding hydrogens is 425 g/mol. The molecule has 0 saturated heterocycles. The van der Waals surface area contributed by atoms with Gasteiger partial charge in [-0.1, -0.05) is 29.8 Å². The number of carbonyl (C=O) groups is 1. The molecule has 7 nitrogen and oxygen atoms in total. The number of methoxy groups -OCH3 is 1. The van der Waals surface area contributed by atoms with E-state index < -0.39 is 29.9 Å². The number of nitrogens with zero attached hydrogens (tertiary/aromatic N) is 1. The fraction of sp³-hybridized carbons (Fsp3) is 0.273. The highest BCUT2D eigenvalue weighted by molar-refractivity contribution is 6.33. The molecule has 0 radical (unpaired) electrons. The maximum absolute atomic E-state index is 15.5. The van der Waals surface area contributed by atoms with E-state index in [2.05, 4.69) is 4.98 Å². The van der Waals surface area contributed by atoms with Crippen molar-refractivity contribution in [2.75, 3.05) is 13.7 Å². The number of fused-ring (bicyclic) bond motifs is 1. The average molecular weight is 446 g/mol. The van der Waals surface area contributed by atoms with E-state index in [1.807, 2.05) is 0 Å². The first-order valence-electron chi connectivity index (χ1n) is 9.56. The summed E-state index contributed by atoms with van der Waals surface area (Å²) < 4.78 is 26.8. The fourth-order valence-electron chi connectivity index (χ4n) is 4.13. The molecule has 2 aliphatic rings. The van der Waals surface area contributed by atoms with Crippen LogP contribution in [0.3, 0.4) is 0 Å². The van der Waals surface area contributed by atoms with Gasteiger partial charge in [0, 0.05) is 47.1 Å². The Bertz CT molecular complexity index is 1090. The molecule has 4 rings (SSSR count). The second kappa shape index (κ2) is 8.05. The van der Waals surface area contributed by atoms with Gasteiger partial charge in [-0.15, -0.1) is 0 Å². The number of aliphatic hydroxyl groups excluding tert-OH is 1. The maximum Gasteiger partial charge on any atom is 0.249 e. The highest BCUT2D eigenvalue weighted by Crippen LogP contribution is 2.53. The molecule has 1 aliphatic carbocycles. The first-order valence-corrected chi connectivity index (χ1v) is 9.94. The monoisotopic (exact) mass is 445 g/mol. The Balaban J connectivity index is 1.96. The summed E-state index contributed by atoms with van der Waals surface area (Å²) in [5.41, 5.74) is 10.8. The minimum absolute atomic E-state index is 0.0635. The molecule has 2 aromatic rings. The lowest BCUT2D eigenvalue weighted by Gasteiger charge is -2.30. The van der Waals surface area contributed by atoms with Crippen LogP contribution in [-0.4, -0.2) is 41.9 Å². The number of aliphatic hydroxyl groups is 1. The first kappa shape index (κ1) is 21.5. The van der Waals surface area contributed by atoms with Crippen molar-refractivity contribution in [3.63, 3.8) is 0 Å². The van der Waals surface area contributed by atoms with Crippen LogP contribution in [0.25, 0.3) is 5.57 Å². The SMILES string of the molecule is CO[C@H]1C=CC(C(N)=O)=C(c2c(Cl)ccc3c2[C@H](O)[C@@](CN)(c2ccccn2)O3)C1F. The van der Waals surface area contributed by atoms with Crippen molar-refractivity contribution in [3.8, 4) is 5.75 Å². The number of primary amides is 1. The lowest BCUT2D eigenvalue weighted by molar-refractivity contribution is -0.114. The minimum atomic E-state index is -1.75. The van der Waals surface area contributed by atoms with Crippen molar-refractivity contribution >= 4 is 23.1 Å². The molecule has 1 aromatic heterocycles. The number of benzene rings is 1. The van der Waals surface area contributed by atoms with Crippen LogP contribution in [0.15, 0.2) is 54.3 Å². The van der Waals surface area contributed by atoms with E-state index in [0.717, 1.165) is 0 Å². The number of alkyl halides is 1. The van der Waals surface area contributed by atoms with E-state index in [1.165, 1.54) is 25.3 Å². The first-order chi connectivity index (χ1) is 14.9. The van der Waals surface area contributed by atoms with Crippen LogP contribution in [0.4, 0.5) is 4.39 Å². The van der Waals surface area contributed by atoms with E-state index in [4.69, 9.17) is 32.5 Å². The van der Waals surface area contributed by atoms with E-state index in [-0.39, 0.29) is 39.6 Å². The van der Waals surface area contributed by atoms with Crippen LogP contribution in [0, 0.1) is 0 Å². The van der Waals surface area contributed by atoms with Gasteiger partial charge in [-0.3, -0.25) is 9.78 Å². The number of ether oxygens (including phenoxy) is 2. The summed E-state index contributed by atoms with van der Waals surface area (Å²) in [6.07, 6.45) is 0.318. The van der Waals surface area contributed by atoms with Crippen molar-refractivity contribution < 1.29 is 23.8 Å².